The van der Waals surface area contributed by atoms with Crippen LogP contribution in [0.25, 0.3) is 0 Å². The SMILES string of the molecule is CC(C)(C)OC(=O)N(CCC#CC(=O)NCCC#CC(N)=O)[C@H](CCc1ccccc1)C(=O)O. The number of carbonyl (C=O) groups excluding carboxylic acids is 3. The molecule has 0 heterocycles. The van der Waals surface area contributed by atoms with Crippen LogP contribution in [0.3, 0.4) is 0 Å². The van der Waals surface area contributed by atoms with E-state index in [-0.39, 0.29) is 32.4 Å². The zero-order chi connectivity index (χ0) is 25.6. The van der Waals surface area contributed by atoms with Crippen molar-refractivity contribution in [2.45, 2.75) is 58.1 Å². The number of nitrogens with two attached hydrogens (primary N) is 1. The van der Waals surface area contributed by atoms with Crippen molar-refractivity contribution in [1.29, 1.82) is 0 Å². The molecule has 1 aromatic rings. The number of aliphatic carboxylic acids is 1. The largest absolute Gasteiger partial charge is 0.480 e. The van der Waals surface area contributed by atoms with Crippen molar-refractivity contribution in [2.75, 3.05) is 13.1 Å². The molecule has 1 atom stereocenters. The van der Waals surface area contributed by atoms with E-state index in [1.54, 1.807) is 20.8 Å². The summed E-state index contributed by atoms with van der Waals surface area (Å²) in [6.07, 6.45) is 0.211. The maximum atomic E-state index is 12.8. The Balaban J connectivity index is 2.80. The molecule has 1 rings (SSSR count). The first-order chi connectivity index (χ1) is 16.0. The van der Waals surface area contributed by atoms with E-state index < -0.39 is 35.5 Å². The van der Waals surface area contributed by atoms with Crippen LogP contribution in [0.15, 0.2) is 30.3 Å². The van der Waals surface area contributed by atoms with Crippen LogP contribution in [0.1, 0.15) is 45.6 Å². The summed E-state index contributed by atoms with van der Waals surface area (Å²) >= 11 is 0. The first-order valence-corrected chi connectivity index (χ1v) is 10.8. The third kappa shape index (κ3) is 12.2. The van der Waals surface area contributed by atoms with Gasteiger partial charge in [-0.25, -0.2) is 9.59 Å². The number of carboxylic acid groups (broad SMARTS) is 1. The van der Waals surface area contributed by atoms with Gasteiger partial charge in [-0.2, -0.15) is 0 Å². The summed E-state index contributed by atoms with van der Waals surface area (Å²) in [7, 11) is 0. The lowest BCUT2D eigenvalue weighted by atomic mass is 10.0. The summed E-state index contributed by atoms with van der Waals surface area (Å²) in [5.74, 6) is 7.24. The maximum Gasteiger partial charge on any atom is 0.411 e. The number of nitrogens with one attached hydrogen (secondary N) is 1. The summed E-state index contributed by atoms with van der Waals surface area (Å²) in [5.41, 5.74) is 5.04. The molecule has 3 amide bonds. The first kappa shape index (κ1) is 28.1. The van der Waals surface area contributed by atoms with E-state index in [1.807, 2.05) is 30.3 Å². The Kier molecular flexibility index (Phi) is 11.7. The zero-order valence-electron chi connectivity index (χ0n) is 19.7. The topological polar surface area (TPSA) is 139 Å². The summed E-state index contributed by atoms with van der Waals surface area (Å²) in [6.45, 7) is 5.26. The summed E-state index contributed by atoms with van der Waals surface area (Å²) < 4.78 is 5.40. The predicted octanol–water partition coefficient (Wildman–Crippen LogP) is 1.70. The Labute approximate surface area is 200 Å². The zero-order valence-corrected chi connectivity index (χ0v) is 19.7. The average molecular weight is 470 g/mol. The van der Waals surface area contributed by atoms with Gasteiger partial charge in [0.25, 0.3) is 11.8 Å². The molecule has 0 radical (unpaired) electrons. The van der Waals surface area contributed by atoms with Gasteiger partial charge in [-0.1, -0.05) is 42.2 Å². The quantitative estimate of drug-likeness (QED) is 0.372. The third-order valence-electron chi connectivity index (χ3n) is 4.27. The molecule has 182 valence electrons. The highest BCUT2D eigenvalue weighted by Crippen LogP contribution is 2.16. The van der Waals surface area contributed by atoms with Crippen molar-refractivity contribution >= 4 is 23.9 Å². The van der Waals surface area contributed by atoms with Gasteiger partial charge in [-0.15, -0.1) is 0 Å². The molecule has 0 fully saturated rings. The Morgan fingerprint density at radius 2 is 1.74 bits per heavy atom. The molecule has 9 nitrogen and oxygen atoms in total. The van der Waals surface area contributed by atoms with Crippen LogP contribution in [-0.4, -0.2) is 58.6 Å². The Morgan fingerprint density at radius 3 is 2.32 bits per heavy atom. The minimum Gasteiger partial charge on any atom is -0.480 e. The van der Waals surface area contributed by atoms with Gasteiger partial charge in [0.05, 0.1) is 0 Å². The van der Waals surface area contributed by atoms with Gasteiger partial charge in [0.1, 0.15) is 11.6 Å². The van der Waals surface area contributed by atoms with Crippen molar-refractivity contribution in [3.63, 3.8) is 0 Å². The van der Waals surface area contributed by atoms with Gasteiger partial charge < -0.3 is 20.9 Å². The fraction of sp³-hybridized carbons (Fsp3) is 0.440. The van der Waals surface area contributed by atoms with E-state index in [4.69, 9.17) is 10.5 Å². The van der Waals surface area contributed by atoms with E-state index in [0.29, 0.717) is 6.42 Å². The second kappa shape index (κ2) is 14.2. The predicted molar refractivity (Wildman–Crippen MR) is 126 cm³/mol. The lowest BCUT2D eigenvalue weighted by Gasteiger charge is -2.31. The molecule has 34 heavy (non-hydrogen) atoms. The Morgan fingerprint density at radius 1 is 1.09 bits per heavy atom. The van der Waals surface area contributed by atoms with Gasteiger partial charge >= 0.3 is 12.1 Å². The number of benzene rings is 1. The average Bonchev–Trinajstić information content (AvgIpc) is 2.74. The van der Waals surface area contributed by atoms with Gasteiger partial charge in [-0.3, -0.25) is 14.5 Å². The molecule has 0 saturated carbocycles. The van der Waals surface area contributed by atoms with Crippen LogP contribution in [0.2, 0.25) is 0 Å². The molecule has 0 unspecified atom stereocenters. The summed E-state index contributed by atoms with van der Waals surface area (Å²) in [5, 5.41) is 12.3. The number of primary amides is 1. The van der Waals surface area contributed by atoms with E-state index in [9.17, 15) is 24.3 Å². The molecule has 9 heteroatoms. The number of nitrogens with zero attached hydrogens (tertiary/aromatic N) is 1. The van der Waals surface area contributed by atoms with Crippen LogP contribution in [-0.2, 0) is 25.5 Å². The van der Waals surface area contributed by atoms with Crippen LogP contribution >= 0.6 is 0 Å². The summed E-state index contributed by atoms with van der Waals surface area (Å²) in [6, 6.07) is 8.26. The van der Waals surface area contributed by atoms with Crippen molar-refractivity contribution in [3.8, 4) is 23.7 Å². The number of amides is 3. The molecule has 0 saturated heterocycles. The third-order valence-corrected chi connectivity index (χ3v) is 4.27. The molecule has 0 bridgehead atoms. The highest BCUT2D eigenvalue weighted by atomic mass is 16.6. The first-order valence-electron chi connectivity index (χ1n) is 10.8. The number of hydrogen-bond acceptors (Lipinski definition) is 5. The lowest BCUT2D eigenvalue weighted by molar-refractivity contribution is -0.143. The minimum absolute atomic E-state index is 0.0228. The standard InChI is InChI=1S/C25H31N3O6/c1-25(2,3)34-24(33)28(20(23(31)32)16-15-19-11-5-4-6-12-19)18-10-8-14-22(30)27-17-9-7-13-21(26)29/h4-6,11-12,20H,9-10,15-18H2,1-3H3,(H2,26,29)(H,27,30)(H,31,32)/t20-/m1/s1. The number of carbonyl (C=O) groups is 4. The second-order valence-corrected chi connectivity index (χ2v) is 8.28. The fourth-order valence-corrected chi connectivity index (χ4v) is 2.81. The monoisotopic (exact) mass is 469 g/mol. The second-order valence-electron chi connectivity index (χ2n) is 8.28. The molecule has 4 N–H and O–H groups in total. The van der Waals surface area contributed by atoms with Crippen LogP contribution < -0.4 is 11.1 Å². The lowest BCUT2D eigenvalue weighted by Crippen LogP contribution is -2.47. The molecule has 0 aromatic heterocycles. The van der Waals surface area contributed by atoms with Gasteiger partial charge in [0, 0.05) is 25.9 Å². The van der Waals surface area contributed by atoms with Crippen molar-refractivity contribution in [1.82, 2.24) is 10.2 Å². The van der Waals surface area contributed by atoms with Crippen molar-refractivity contribution < 1.29 is 29.0 Å². The molecular weight excluding hydrogens is 438 g/mol. The molecule has 0 spiro atoms. The highest BCUT2D eigenvalue weighted by Gasteiger charge is 2.32. The van der Waals surface area contributed by atoms with Crippen molar-refractivity contribution in [2.24, 2.45) is 5.73 Å². The molecule has 0 aliphatic carbocycles. The Hall–Kier alpha value is -3.98. The van der Waals surface area contributed by atoms with E-state index >= 15 is 0 Å². The minimum atomic E-state index is -1.15. The number of hydrogen-bond donors (Lipinski definition) is 3. The maximum absolute atomic E-state index is 12.8. The summed E-state index contributed by atoms with van der Waals surface area (Å²) in [4.78, 5) is 48.2. The number of rotatable bonds is 9. The van der Waals surface area contributed by atoms with Gasteiger partial charge in [0.15, 0.2) is 0 Å². The highest BCUT2D eigenvalue weighted by molar-refractivity contribution is 5.93. The van der Waals surface area contributed by atoms with Gasteiger partial charge in [0.2, 0.25) is 0 Å². The van der Waals surface area contributed by atoms with E-state index in [0.717, 1.165) is 10.5 Å². The van der Waals surface area contributed by atoms with E-state index in [1.165, 1.54) is 0 Å². The van der Waals surface area contributed by atoms with Crippen LogP contribution in [0, 0.1) is 23.7 Å². The Bertz CT molecular complexity index is 977. The van der Waals surface area contributed by atoms with Gasteiger partial charge in [-0.05, 0) is 51.0 Å². The molecular formula is C25H31N3O6. The molecule has 0 aliphatic heterocycles. The number of ether oxygens (including phenoxy) is 1. The number of aryl methyl sites for hydroxylation is 1. The molecule has 1 aromatic carbocycles. The molecule has 0 aliphatic rings. The van der Waals surface area contributed by atoms with E-state index in [2.05, 4.69) is 29.0 Å². The van der Waals surface area contributed by atoms with Crippen LogP contribution in [0.4, 0.5) is 4.79 Å². The van der Waals surface area contributed by atoms with Crippen molar-refractivity contribution in [3.05, 3.63) is 35.9 Å². The normalized spacial score (nSPS) is 11.0. The fourth-order valence-electron chi connectivity index (χ4n) is 2.81. The number of carboxylic acids is 1. The smallest absolute Gasteiger partial charge is 0.411 e. The van der Waals surface area contributed by atoms with Crippen LogP contribution in [0.5, 0.6) is 0 Å².